The number of para-hydroxylation sites is 1. The van der Waals surface area contributed by atoms with Crippen molar-refractivity contribution >= 4 is 34.3 Å². The van der Waals surface area contributed by atoms with Gasteiger partial charge in [0, 0.05) is 17.8 Å². The summed E-state index contributed by atoms with van der Waals surface area (Å²) in [5, 5.41) is 3.84. The molecule has 9 heteroatoms. The average Bonchev–Trinajstić information content (AvgIpc) is 3.31. The number of aromatic nitrogens is 6. The zero-order valence-electron chi connectivity index (χ0n) is 16.8. The van der Waals surface area contributed by atoms with Gasteiger partial charge < -0.3 is 5.32 Å². The number of hydrogen-bond acceptors (Lipinski definition) is 5. The molecule has 3 heterocycles. The van der Waals surface area contributed by atoms with Crippen LogP contribution in [0, 0.1) is 6.92 Å². The Bertz CT molecular complexity index is 1450. The van der Waals surface area contributed by atoms with Crippen molar-refractivity contribution in [3.8, 4) is 11.4 Å². The molecule has 5 aromatic rings. The highest BCUT2D eigenvalue weighted by Crippen LogP contribution is 2.25. The van der Waals surface area contributed by atoms with E-state index >= 15 is 0 Å². The Morgan fingerprint density at radius 3 is 2.42 bits per heavy atom. The molecule has 8 nitrogen and oxygen atoms in total. The lowest BCUT2D eigenvalue weighted by atomic mass is 10.3. The molecule has 0 saturated carbocycles. The molecule has 0 aliphatic carbocycles. The number of benzene rings is 2. The first-order valence-electron chi connectivity index (χ1n) is 9.59. The molecule has 5 rings (SSSR count). The molecule has 31 heavy (non-hydrogen) atoms. The van der Waals surface area contributed by atoms with E-state index in [0.717, 1.165) is 17.1 Å². The summed E-state index contributed by atoms with van der Waals surface area (Å²) in [5.74, 6) is 0.462. The van der Waals surface area contributed by atoms with Gasteiger partial charge in [0.2, 0.25) is 0 Å². The summed E-state index contributed by atoms with van der Waals surface area (Å²) in [6.07, 6.45) is 3.13. The van der Waals surface area contributed by atoms with Crippen molar-refractivity contribution in [1.82, 2.24) is 28.9 Å². The van der Waals surface area contributed by atoms with Crippen molar-refractivity contribution < 1.29 is 0 Å². The van der Waals surface area contributed by atoms with E-state index in [9.17, 15) is 4.79 Å². The standard InChI is InChI=1S/C22H18ClN7O/c1-14-18(22(31)30(28(14)2)17-6-4-3-5-7-17)27-20-19-21(25-12-24-20)29(13-26-19)16-10-8-15(23)9-11-16/h3-13H,1-2H3,(H,24,25,27). The van der Waals surface area contributed by atoms with Crippen LogP contribution in [0.1, 0.15) is 5.69 Å². The second-order valence-corrected chi connectivity index (χ2v) is 7.48. The van der Waals surface area contributed by atoms with Crippen LogP contribution in [-0.4, -0.2) is 28.9 Å². The predicted octanol–water partition coefficient (Wildman–Crippen LogP) is 4.01. The van der Waals surface area contributed by atoms with Crippen LogP contribution in [0.15, 0.2) is 72.0 Å². The summed E-state index contributed by atoms with van der Waals surface area (Å²) in [6, 6.07) is 16.9. The first-order chi connectivity index (χ1) is 15.0. The molecule has 1 N–H and O–H groups in total. The topological polar surface area (TPSA) is 82.6 Å². The Balaban J connectivity index is 1.60. The van der Waals surface area contributed by atoms with E-state index in [2.05, 4.69) is 20.3 Å². The molecule has 0 unspecified atom stereocenters. The number of halogens is 1. The number of nitrogens with zero attached hydrogens (tertiary/aromatic N) is 6. The lowest BCUT2D eigenvalue weighted by molar-refractivity contribution is 0.630. The van der Waals surface area contributed by atoms with Gasteiger partial charge >= 0.3 is 0 Å². The maximum Gasteiger partial charge on any atom is 0.295 e. The first-order valence-corrected chi connectivity index (χ1v) is 9.97. The number of hydrogen-bond donors (Lipinski definition) is 1. The molecule has 154 valence electrons. The minimum Gasteiger partial charge on any atom is -0.332 e. The molecule has 0 amide bonds. The highest BCUT2D eigenvalue weighted by molar-refractivity contribution is 6.30. The molecule has 0 radical (unpaired) electrons. The minimum atomic E-state index is -0.171. The SMILES string of the molecule is Cc1c(Nc2ncnc3c2ncn3-c2ccc(Cl)cc2)c(=O)n(-c2ccccc2)n1C. The van der Waals surface area contributed by atoms with Crippen LogP contribution in [0.4, 0.5) is 11.5 Å². The summed E-state index contributed by atoms with van der Waals surface area (Å²) in [5.41, 5.74) is 3.88. The molecular formula is C22H18ClN7O. The first kappa shape index (κ1) is 19.1. The van der Waals surface area contributed by atoms with E-state index in [-0.39, 0.29) is 5.56 Å². The van der Waals surface area contributed by atoms with E-state index in [1.807, 2.05) is 77.8 Å². The molecule has 0 atom stereocenters. The molecule has 0 aliphatic heterocycles. The van der Waals surface area contributed by atoms with Gasteiger partial charge in [-0.2, -0.15) is 0 Å². The van der Waals surface area contributed by atoms with Gasteiger partial charge in [0.15, 0.2) is 17.0 Å². The highest BCUT2D eigenvalue weighted by Gasteiger charge is 2.19. The van der Waals surface area contributed by atoms with Crippen molar-refractivity contribution in [2.75, 3.05) is 5.32 Å². The lowest BCUT2D eigenvalue weighted by Gasteiger charge is -2.07. The largest absolute Gasteiger partial charge is 0.332 e. The van der Waals surface area contributed by atoms with Crippen LogP contribution >= 0.6 is 11.6 Å². The zero-order valence-corrected chi connectivity index (χ0v) is 17.6. The summed E-state index contributed by atoms with van der Waals surface area (Å²) in [6.45, 7) is 1.88. The van der Waals surface area contributed by atoms with E-state index in [1.54, 1.807) is 11.0 Å². The van der Waals surface area contributed by atoms with Gasteiger partial charge in [-0.15, -0.1) is 0 Å². The molecule has 0 aliphatic rings. The van der Waals surface area contributed by atoms with Crippen LogP contribution in [0.3, 0.4) is 0 Å². The molecule has 2 aromatic carbocycles. The number of imidazole rings is 1. The molecule has 0 saturated heterocycles. The molecule has 0 bridgehead atoms. The number of fused-ring (bicyclic) bond motifs is 1. The smallest absolute Gasteiger partial charge is 0.295 e. The van der Waals surface area contributed by atoms with Crippen LogP contribution < -0.4 is 10.9 Å². The minimum absolute atomic E-state index is 0.171. The monoisotopic (exact) mass is 431 g/mol. The Labute approximate surface area is 182 Å². The van der Waals surface area contributed by atoms with Gasteiger partial charge in [0.25, 0.3) is 5.56 Å². The Morgan fingerprint density at radius 2 is 1.68 bits per heavy atom. The summed E-state index contributed by atoms with van der Waals surface area (Å²) in [7, 11) is 1.85. The average molecular weight is 432 g/mol. The fourth-order valence-corrected chi connectivity index (χ4v) is 3.67. The third kappa shape index (κ3) is 3.17. The van der Waals surface area contributed by atoms with Crippen LogP contribution in [-0.2, 0) is 7.05 Å². The van der Waals surface area contributed by atoms with Crippen LogP contribution in [0.5, 0.6) is 0 Å². The maximum atomic E-state index is 13.2. The summed E-state index contributed by atoms with van der Waals surface area (Å²) < 4.78 is 5.27. The maximum absolute atomic E-state index is 13.2. The zero-order chi connectivity index (χ0) is 21.5. The Morgan fingerprint density at radius 1 is 0.935 bits per heavy atom. The van der Waals surface area contributed by atoms with Crippen molar-refractivity contribution in [3.05, 3.63) is 88.3 Å². The van der Waals surface area contributed by atoms with Gasteiger partial charge in [-0.3, -0.25) is 14.0 Å². The van der Waals surface area contributed by atoms with Crippen molar-refractivity contribution in [2.24, 2.45) is 7.05 Å². The normalized spacial score (nSPS) is 11.2. The van der Waals surface area contributed by atoms with Crippen molar-refractivity contribution in [2.45, 2.75) is 6.92 Å². The molecule has 0 spiro atoms. The van der Waals surface area contributed by atoms with Gasteiger partial charge in [0.1, 0.15) is 18.3 Å². The van der Waals surface area contributed by atoms with E-state index in [0.29, 0.717) is 27.7 Å². The van der Waals surface area contributed by atoms with E-state index < -0.39 is 0 Å². The predicted molar refractivity (Wildman–Crippen MR) is 121 cm³/mol. The fourth-order valence-electron chi connectivity index (χ4n) is 3.55. The van der Waals surface area contributed by atoms with Gasteiger partial charge in [0.05, 0.1) is 11.4 Å². The number of anilines is 2. The Kier molecular flexibility index (Phi) is 4.56. The quantitative estimate of drug-likeness (QED) is 0.465. The third-order valence-corrected chi connectivity index (χ3v) is 5.49. The highest BCUT2D eigenvalue weighted by atomic mass is 35.5. The molecule has 3 aromatic heterocycles. The van der Waals surface area contributed by atoms with Crippen LogP contribution in [0.2, 0.25) is 5.02 Å². The fraction of sp³-hybridized carbons (Fsp3) is 0.0909. The van der Waals surface area contributed by atoms with Gasteiger partial charge in [-0.25, -0.2) is 19.6 Å². The number of nitrogens with one attached hydrogen (secondary N) is 1. The molecular weight excluding hydrogens is 414 g/mol. The summed E-state index contributed by atoms with van der Waals surface area (Å²) >= 11 is 6.00. The van der Waals surface area contributed by atoms with Crippen molar-refractivity contribution in [1.29, 1.82) is 0 Å². The van der Waals surface area contributed by atoms with Gasteiger partial charge in [-0.05, 0) is 43.3 Å². The second-order valence-electron chi connectivity index (χ2n) is 7.05. The Hall–Kier alpha value is -3.91. The lowest BCUT2D eigenvalue weighted by Crippen LogP contribution is -2.20. The molecule has 0 fully saturated rings. The number of rotatable bonds is 4. The second kappa shape index (κ2) is 7.41. The summed E-state index contributed by atoms with van der Waals surface area (Å²) in [4.78, 5) is 26.4. The van der Waals surface area contributed by atoms with E-state index in [1.165, 1.54) is 6.33 Å². The third-order valence-electron chi connectivity index (χ3n) is 5.24. The van der Waals surface area contributed by atoms with Crippen LogP contribution in [0.25, 0.3) is 22.5 Å². The van der Waals surface area contributed by atoms with E-state index in [4.69, 9.17) is 11.6 Å². The van der Waals surface area contributed by atoms with Crippen molar-refractivity contribution in [3.63, 3.8) is 0 Å². The van der Waals surface area contributed by atoms with Gasteiger partial charge in [-0.1, -0.05) is 29.8 Å².